The van der Waals surface area contributed by atoms with Crippen LogP contribution in [0.25, 0.3) is 0 Å². The summed E-state index contributed by atoms with van der Waals surface area (Å²) >= 11 is 0. The second-order valence-corrected chi connectivity index (χ2v) is 7.28. The number of carbonyl (C=O) groups excluding carboxylic acids is 4. The summed E-state index contributed by atoms with van der Waals surface area (Å²) in [4.78, 5) is 49.9. The molecule has 1 N–H and O–H groups in total. The molecule has 0 saturated heterocycles. The Morgan fingerprint density at radius 2 is 1.93 bits per heavy atom. The van der Waals surface area contributed by atoms with E-state index in [-0.39, 0.29) is 41.8 Å². The van der Waals surface area contributed by atoms with Crippen LogP contribution in [0.1, 0.15) is 63.7 Å². The Morgan fingerprint density at radius 3 is 2.64 bits per heavy atom. The molecular formula is C21H24N2O5. The van der Waals surface area contributed by atoms with Crippen molar-refractivity contribution in [1.29, 1.82) is 0 Å². The van der Waals surface area contributed by atoms with E-state index in [1.807, 2.05) is 0 Å². The molecule has 1 aromatic rings. The van der Waals surface area contributed by atoms with Crippen LogP contribution in [0.3, 0.4) is 0 Å². The van der Waals surface area contributed by atoms with Crippen molar-refractivity contribution in [2.75, 3.05) is 13.2 Å². The number of benzene rings is 1. The molecule has 1 aliphatic carbocycles. The highest BCUT2D eigenvalue weighted by atomic mass is 16.5. The topological polar surface area (TPSA) is 92.8 Å². The first-order valence-electron chi connectivity index (χ1n) is 9.50. The fourth-order valence-electron chi connectivity index (χ4n) is 3.71. The molecule has 1 heterocycles. The van der Waals surface area contributed by atoms with Gasteiger partial charge in [-0.1, -0.05) is 25.8 Å². The van der Waals surface area contributed by atoms with Crippen LogP contribution in [0.15, 0.2) is 30.9 Å². The van der Waals surface area contributed by atoms with E-state index in [9.17, 15) is 19.2 Å². The predicted octanol–water partition coefficient (Wildman–Crippen LogP) is 2.32. The lowest BCUT2D eigenvalue weighted by Gasteiger charge is -2.29. The highest BCUT2D eigenvalue weighted by Crippen LogP contribution is 2.25. The Labute approximate surface area is 163 Å². The van der Waals surface area contributed by atoms with E-state index in [1.165, 1.54) is 30.7 Å². The number of nitrogens with zero attached hydrogens (tertiary/aromatic N) is 1. The molecule has 7 heteroatoms. The molecule has 2 aliphatic rings. The average molecular weight is 384 g/mol. The monoisotopic (exact) mass is 384 g/mol. The third-order valence-corrected chi connectivity index (χ3v) is 5.31. The summed E-state index contributed by atoms with van der Waals surface area (Å²) in [6, 6.07) is 4.30. The maximum Gasteiger partial charge on any atom is 0.338 e. The molecule has 28 heavy (non-hydrogen) atoms. The van der Waals surface area contributed by atoms with Gasteiger partial charge in [0.05, 0.1) is 16.7 Å². The molecule has 1 aliphatic heterocycles. The van der Waals surface area contributed by atoms with Crippen molar-refractivity contribution < 1.29 is 23.9 Å². The Kier molecular flexibility index (Phi) is 5.92. The highest BCUT2D eigenvalue weighted by molar-refractivity contribution is 6.22. The first-order valence-corrected chi connectivity index (χ1v) is 9.50. The van der Waals surface area contributed by atoms with Crippen molar-refractivity contribution >= 4 is 23.7 Å². The average Bonchev–Trinajstić information content (AvgIpc) is 2.92. The van der Waals surface area contributed by atoms with Crippen LogP contribution in [0.5, 0.6) is 0 Å². The number of carbonyl (C=O) groups is 4. The number of imide groups is 1. The van der Waals surface area contributed by atoms with Gasteiger partial charge in [-0.3, -0.25) is 19.3 Å². The van der Waals surface area contributed by atoms with Crippen LogP contribution in [-0.4, -0.2) is 47.8 Å². The van der Waals surface area contributed by atoms with Gasteiger partial charge < -0.3 is 10.1 Å². The van der Waals surface area contributed by atoms with E-state index in [2.05, 4.69) is 18.8 Å². The van der Waals surface area contributed by atoms with E-state index < -0.39 is 17.8 Å². The standard InChI is InChI=1S/C21H24N2O5/c1-3-10-23-19(25)15-9-8-14(11-16(15)20(23)26)21(27)28-12-18(24)22-17-7-5-4-6-13(17)2/h3,8-9,11,13,17H,1,4-7,10,12H2,2H3,(H,22,24)/t13-,17-/m1/s1. The quantitative estimate of drug-likeness (QED) is 0.462. The van der Waals surface area contributed by atoms with Gasteiger partial charge in [-0.15, -0.1) is 6.58 Å². The van der Waals surface area contributed by atoms with Gasteiger partial charge in [0, 0.05) is 12.6 Å². The van der Waals surface area contributed by atoms with Gasteiger partial charge in [-0.05, 0) is 37.0 Å². The van der Waals surface area contributed by atoms with E-state index in [0.29, 0.717) is 5.92 Å². The second kappa shape index (κ2) is 8.37. The maximum atomic E-state index is 12.3. The van der Waals surface area contributed by atoms with Crippen molar-refractivity contribution in [2.24, 2.45) is 5.92 Å². The van der Waals surface area contributed by atoms with E-state index in [4.69, 9.17) is 4.74 Å². The molecule has 0 unspecified atom stereocenters. The third kappa shape index (κ3) is 3.98. The third-order valence-electron chi connectivity index (χ3n) is 5.31. The molecule has 0 bridgehead atoms. The minimum absolute atomic E-state index is 0.103. The summed E-state index contributed by atoms with van der Waals surface area (Å²) in [6.07, 6.45) is 5.73. The van der Waals surface area contributed by atoms with Crippen LogP contribution in [0.2, 0.25) is 0 Å². The second-order valence-electron chi connectivity index (χ2n) is 7.28. The Balaban J connectivity index is 1.60. The number of rotatable bonds is 6. The largest absolute Gasteiger partial charge is 0.452 e. The van der Waals surface area contributed by atoms with Crippen LogP contribution in [0.4, 0.5) is 0 Å². The molecule has 3 rings (SSSR count). The first kappa shape index (κ1) is 19.8. The summed E-state index contributed by atoms with van der Waals surface area (Å²) in [5, 5.41) is 2.92. The van der Waals surface area contributed by atoms with Crippen LogP contribution in [-0.2, 0) is 9.53 Å². The SMILES string of the molecule is C=CCN1C(=O)c2ccc(C(=O)OCC(=O)N[C@@H]3CCCC[C@H]3C)cc2C1=O. The van der Waals surface area contributed by atoms with Crippen molar-refractivity contribution in [3.8, 4) is 0 Å². The van der Waals surface area contributed by atoms with Gasteiger partial charge >= 0.3 is 5.97 Å². The molecule has 3 amide bonds. The van der Waals surface area contributed by atoms with Gasteiger partial charge in [0.1, 0.15) is 0 Å². The van der Waals surface area contributed by atoms with Crippen molar-refractivity contribution in [3.63, 3.8) is 0 Å². The summed E-state index contributed by atoms with van der Waals surface area (Å²) < 4.78 is 5.09. The molecule has 0 radical (unpaired) electrons. The number of amides is 3. The molecule has 2 atom stereocenters. The molecule has 0 aromatic heterocycles. The Hall–Kier alpha value is -2.96. The molecule has 1 fully saturated rings. The number of ether oxygens (including phenoxy) is 1. The fraction of sp³-hybridized carbons (Fsp3) is 0.429. The molecular weight excluding hydrogens is 360 g/mol. The van der Waals surface area contributed by atoms with Crippen molar-refractivity contribution in [2.45, 2.75) is 38.6 Å². The number of esters is 1. The lowest BCUT2D eigenvalue weighted by molar-refractivity contribution is -0.125. The number of fused-ring (bicyclic) bond motifs is 1. The van der Waals surface area contributed by atoms with E-state index in [0.717, 1.165) is 24.2 Å². The lowest BCUT2D eigenvalue weighted by Crippen LogP contribution is -2.42. The van der Waals surface area contributed by atoms with Crippen LogP contribution >= 0.6 is 0 Å². The zero-order chi connectivity index (χ0) is 20.3. The highest BCUT2D eigenvalue weighted by Gasteiger charge is 2.35. The van der Waals surface area contributed by atoms with Gasteiger partial charge in [-0.2, -0.15) is 0 Å². The Morgan fingerprint density at radius 1 is 1.21 bits per heavy atom. The van der Waals surface area contributed by atoms with E-state index in [1.54, 1.807) is 0 Å². The smallest absolute Gasteiger partial charge is 0.338 e. The predicted molar refractivity (Wildman–Crippen MR) is 102 cm³/mol. The molecule has 1 aromatic carbocycles. The minimum Gasteiger partial charge on any atom is -0.452 e. The fourth-order valence-corrected chi connectivity index (χ4v) is 3.71. The zero-order valence-electron chi connectivity index (χ0n) is 15.9. The summed E-state index contributed by atoms with van der Waals surface area (Å²) in [6.45, 7) is 5.36. The Bertz CT molecular complexity index is 832. The number of nitrogens with one attached hydrogen (secondary N) is 1. The molecule has 148 valence electrons. The summed E-state index contributed by atoms with van der Waals surface area (Å²) in [7, 11) is 0. The summed E-state index contributed by atoms with van der Waals surface area (Å²) in [5.41, 5.74) is 0.522. The minimum atomic E-state index is -0.711. The van der Waals surface area contributed by atoms with E-state index >= 15 is 0 Å². The van der Waals surface area contributed by atoms with Crippen molar-refractivity contribution in [1.82, 2.24) is 10.2 Å². The molecule has 1 saturated carbocycles. The van der Waals surface area contributed by atoms with Gasteiger partial charge in [0.2, 0.25) is 0 Å². The number of hydrogen-bond donors (Lipinski definition) is 1. The summed E-state index contributed by atoms with van der Waals surface area (Å²) in [5.74, 6) is -1.53. The van der Waals surface area contributed by atoms with Crippen LogP contribution < -0.4 is 5.32 Å². The maximum absolute atomic E-state index is 12.3. The first-order chi connectivity index (χ1) is 13.4. The lowest BCUT2D eigenvalue weighted by atomic mass is 9.86. The number of hydrogen-bond acceptors (Lipinski definition) is 5. The van der Waals surface area contributed by atoms with Crippen molar-refractivity contribution in [3.05, 3.63) is 47.5 Å². The van der Waals surface area contributed by atoms with Gasteiger partial charge in [-0.25, -0.2) is 4.79 Å². The molecule has 7 nitrogen and oxygen atoms in total. The zero-order valence-corrected chi connectivity index (χ0v) is 15.9. The normalized spacial score (nSPS) is 21.2. The molecule has 0 spiro atoms. The van der Waals surface area contributed by atoms with Gasteiger partial charge in [0.25, 0.3) is 17.7 Å². The van der Waals surface area contributed by atoms with Crippen LogP contribution in [0, 0.1) is 5.92 Å². The van der Waals surface area contributed by atoms with Gasteiger partial charge in [0.15, 0.2) is 6.61 Å².